The minimum absolute atomic E-state index is 0.169. The van der Waals surface area contributed by atoms with Crippen molar-refractivity contribution in [3.05, 3.63) is 29.3 Å². The van der Waals surface area contributed by atoms with Crippen LogP contribution >= 0.6 is 0 Å². The molecule has 1 saturated heterocycles. The summed E-state index contributed by atoms with van der Waals surface area (Å²) < 4.78 is 25.7. The largest absolute Gasteiger partial charge is 0.387 e. The van der Waals surface area contributed by atoms with Crippen LogP contribution in [0, 0.1) is 13.8 Å². The van der Waals surface area contributed by atoms with Crippen molar-refractivity contribution in [3.8, 4) is 0 Å². The highest BCUT2D eigenvalue weighted by molar-refractivity contribution is 7.89. The number of nitrogens with zero attached hydrogens (tertiary/aromatic N) is 1. The van der Waals surface area contributed by atoms with Crippen LogP contribution in [0.4, 0.5) is 0 Å². The molecule has 17 heavy (non-hydrogen) atoms. The smallest absolute Gasteiger partial charge is 0.243 e. The van der Waals surface area contributed by atoms with Gasteiger partial charge in [0.15, 0.2) is 0 Å². The van der Waals surface area contributed by atoms with Crippen LogP contribution in [0.2, 0.25) is 0 Å². The van der Waals surface area contributed by atoms with Crippen LogP contribution in [0.15, 0.2) is 23.1 Å². The van der Waals surface area contributed by atoms with Crippen LogP contribution < -0.4 is 0 Å². The molecule has 0 spiro atoms. The van der Waals surface area contributed by atoms with Crippen LogP contribution in [-0.2, 0) is 10.0 Å². The molecule has 0 radical (unpaired) electrons. The number of rotatable bonds is 2. The third-order valence-electron chi connectivity index (χ3n) is 2.87. The monoisotopic (exact) mass is 255 g/mol. The predicted molar refractivity (Wildman–Crippen MR) is 65.3 cm³/mol. The first-order chi connectivity index (χ1) is 7.71. The van der Waals surface area contributed by atoms with Gasteiger partial charge in [-0.25, -0.2) is 8.42 Å². The van der Waals surface area contributed by atoms with Crippen LogP contribution in [0.3, 0.4) is 0 Å². The average molecular weight is 255 g/mol. The highest BCUT2D eigenvalue weighted by Gasteiger charge is 2.43. The zero-order valence-electron chi connectivity index (χ0n) is 10.3. The van der Waals surface area contributed by atoms with E-state index in [4.69, 9.17) is 0 Å². The van der Waals surface area contributed by atoms with Crippen molar-refractivity contribution in [1.29, 1.82) is 0 Å². The van der Waals surface area contributed by atoms with E-state index in [2.05, 4.69) is 0 Å². The quantitative estimate of drug-likeness (QED) is 0.859. The molecule has 0 amide bonds. The molecule has 94 valence electrons. The van der Waals surface area contributed by atoms with Gasteiger partial charge in [0.2, 0.25) is 10.0 Å². The summed E-state index contributed by atoms with van der Waals surface area (Å²) in [5, 5.41) is 9.60. The standard InChI is InChI=1S/C12H17NO3S/c1-9-4-10(2)6-11(5-9)17(15,16)13-7-12(3,14)8-13/h4-6,14H,7-8H2,1-3H3. The average Bonchev–Trinajstić information content (AvgIpc) is 2.12. The topological polar surface area (TPSA) is 57.6 Å². The van der Waals surface area contributed by atoms with E-state index in [9.17, 15) is 13.5 Å². The summed E-state index contributed by atoms with van der Waals surface area (Å²) in [5.41, 5.74) is 0.970. The van der Waals surface area contributed by atoms with Crippen molar-refractivity contribution in [1.82, 2.24) is 4.31 Å². The van der Waals surface area contributed by atoms with Crippen LogP contribution in [0.5, 0.6) is 0 Å². The summed E-state index contributed by atoms with van der Waals surface area (Å²) in [6.45, 7) is 5.72. The van der Waals surface area contributed by atoms with Gasteiger partial charge in [0.05, 0.1) is 10.5 Å². The van der Waals surface area contributed by atoms with Crippen molar-refractivity contribution in [2.75, 3.05) is 13.1 Å². The molecule has 5 heteroatoms. The van der Waals surface area contributed by atoms with Crippen molar-refractivity contribution < 1.29 is 13.5 Å². The van der Waals surface area contributed by atoms with Gasteiger partial charge < -0.3 is 5.11 Å². The van der Waals surface area contributed by atoms with Gasteiger partial charge >= 0.3 is 0 Å². The van der Waals surface area contributed by atoms with Gasteiger partial charge in [0.25, 0.3) is 0 Å². The fourth-order valence-corrected chi connectivity index (χ4v) is 3.98. The third-order valence-corrected chi connectivity index (χ3v) is 4.64. The molecule has 1 aliphatic heterocycles. The van der Waals surface area contributed by atoms with Gasteiger partial charge in [0, 0.05) is 13.1 Å². The van der Waals surface area contributed by atoms with E-state index in [0.29, 0.717) is 4.90 Å². The maximum Gasteiger partial charge on any atom is 0.243 e. The van der Waals surface area contributed by atoms with Gasteiger partial charge in [-0.05, 0) is 44.0 Å². The van der Waals surface area contributed by atoms with Crippen molar-refractivity contribution in [2.24, 2.45) is 0 Å². The maximum absolute atomic E-state index is 12.2. The Kier molecular flexibility index (Phi) is 2.80. The molecule has 1 aromatic rings. The minimum atomic E-state index is -3.44. The number of hydrogen-bond acceptors (Lipinski definition) is 3. The molecule has 4 nitrogen and oxygen atoms in total. The molecule has 1 fully saturated rings. The summed E-state index contributed by atoms with van der Waals surface area (Å²) in [6, 6.07) is 5.26. The van der Waals surface area contributed by atoms with E-state index in [0.717, 1.165) is 11.1 Å². The first-order valence-electron chi connectivity index (χ1n) is 5.52. The van der Waals surface area contributed by atoms with E-state index in [1.165, 1.54) is 4.31 Å². The number of aryl methyl sites for hydroxylation is 2. The SMILES string of the molecule is Cc1cc(C)cc(S(=O)(=O)N2CC(C)(O)C2)c1. The second-order valence-electron chi connectivity index (χ2n) is 5.09. The third kappa shape index (κ3) is 2.36. The number of aliphatic hydroxyl groups is 1. The Morgan fingerprint density at radius 2 is 1.65 bits per heavy atom. The lowest BCUT2D eigenvalue weighted by molar-refractivity contribution is -0.0426. The Hall–Kier alpha value is -0.910. The predicted octanol–water partition coefficient (Wildman–Crippen LogP) is 1.06. The molecule has 0 unspecified atom stereocenters. The molecular weight excluding hydrogens is 238 g/mol. The molecular formula is C12H17NO3S. The Bertz CT molecular complexity index is 521. The van der Waals surface area contributed by atoms with E-state index in [1.54, 1.807) is 19.1 Å². The molecule has 0 aromatic heterocycles. The lowest BCUT2D eigenvalue weighted by atomic mass is 10.0. The summed E-state index contributed by atoms with van der Waals surface area (Å²) in [7, 11) is -3.44. The summed E-state index contributed by atoms with van der Waals surface area (Å²) in [5.74, 6) is 0. The Morgan fingerprint density at radius 3 is 2.06 bits per heavy atom. The van der Waals surface area contributed by atoms with E-state index in [-0.39, 0.29) is 13.1 Å². The summed E-state index contributed by atoms with van der Waals surface area (Å²) >= 11 is 0. The Labute approximate surface area is 102 Å². The fourth-order valence-electron chi connectivity index (χ4n) is 2.11. The van der Waals surface area contributed by atoms with Gasteiger partial charge in [0.1, 0.15) is 0 Å². The molecule has 1 N–H and O–H groups in total. The summed E-state index contributed by atoms with van der Waals surface area (Å²) in [6.07, 6.45) is 0. The second-order valence-corrected chi connectivity index (χ2v) is 7.03. The van der Waals surface area contributed by atoms with E-state index < -0.39 is 15.6 Å². The van der Waals surface area contributed by atoms with Gasteiger partial charge in [-0.3, -0.25) is 0 Å². The minimum Gasteiger partial charge on any atom is -0.387 e. The second kappa shape index (κ2) is 3.80. The summed E-state index contributed by atoms with van der Waals surface area (Å²) in [4.78, 5) is 0.311. The van der Waals surface area contributed by atoms with Crippen LogP contribution in [0.1, 0.15) is 18.1 Å². The highest BCUT2D eigenvalue weighted by atomic mass is 32.2. The number of sulfonamides is 1. The highest BCUT2D eigenvalue weighted by Crippen LogP contribution is 2.28. The molecule has 1 aromatic carbocycles. The normalized spacial score (nSPS) is 20.0. The van der Waals surface area contributed by atoms with Crippen LogP contribution in [0.25, 0.3) is 0 Å². The Morgan fingerprint density at radius 1 is 1.18 bits per heavy atom. The first kappa shape index (κ1) is 12.5. The molecule has 1 heterocycles. The molecule has 0 atom stereocenters. The number of β-amino-alcohol motifs (C(OH)–C–C–N with tert-alkyl or cyclic N) is 1. The lowest BCUT2D eigenvalue weighted by Crippen LogP contribution is -2.61. The maximum atomic E-state index is 12.2. The van der Waals surface area contributed by atoms with Crippen molar-refractivity contribution in [3.63, 3.8) is 0 Å². The van der Waals surface area contributed by atoms with Crippen LogP contribution in [-0.4, -0.2) is 36.5 Å². The number of hydrogen-bond donors (Lipinski definition) is 1. The van der Waals surface area contributed by atoms with Gasteiger partial charge in [-0.2, -0.15) is 4.31 Å². The number of benzene rings is 1. The molecule has 0 aliphatic carbocycles. The van der Waals surface area contributed by atoms with E-state index in [1.807, 2.05) is 19.9 Å². The lowest BCUT2D eigenvalue weighted by Gasteiger charge is -2.42. The fraction of sp³-hybridized carbons (Fsp3) is 0.500. The van der Waals surface area contributed by atoms with Gasteiger partial charge in [-0.1, -0.05) is 6.07 Å². The van der Waals surface area contributed by atoms with Gasteiger partial charge in [-0.15, -0.1) is 0 Å². The van der Waals surface area contributed by atoms with Crippen molar-refractivity contribution >= 4 is 10.0 Å². The molecule has 2 rings (SSSR count). The zero-order valence-corrected chi connectivity index (χ0v) is 11.1. The molecule has 0 bridgehead atoms. The molecule has 1 aliphatic rings. The molecule has 0 saturated carbocycles. The first-order valence-corrected chi connectivity index (χ1v) is 6.96. The van der Waals surface area contributed by atoms with E-state index >= 15 is 0 Å². The van der Waals surface area contributed by atoms with Crippen molar-refractivity contribution in [2.45, 2.75) is 31.3 Å². The zero-order chi connectivity index (χ0) is 12.8. The Balaban J connectivity index is 2.33.